The van der Waals surface area contributed by atoms with Gasteiger partial charge in [-0.1, -0.05) is 18.2 Å². The lowest BCUT2D eigenvalue weighted by Gasteiger charge is -2.06. The van der Waals surface area contributed by atoms with Crippen molar-refractivity contribution in [2.45, 2.75) is 26.9 Å². The van der Waals surface area contributed by atoms with Crippen LogP contribution in [0.3, 0.4) is 0 Å². The zero-order chi connectivity index (χ0) is 12.3. The van der Waals surface area contributed by atoms with E-state index < -0.39 is 0 Å². The van der Waals surface area contributed by atoms with Crippen molar-refractivity contribution < 1.29 is 0 Å². The van der Waals surface area contributed by atoms with Crippen LogP contribution in [-0.2, 0) is 13.1 Å². The zero-order valence-electron chi connectivity index (χ0n) is 10.1. The van der Waals surface area contributed by atoms with Crippen molar-refractivity contribution in [2.75, 3.05) is 0 Å². The van der Waals surface area contributed by atoms with E-state index in [4.69, 9.17) is 0 Å². The summed E-state index contributed by atoms with van der Waals surface area (Å²) in [4.78, 5) is 1.36. The van der Waals surface area contributed by atoms with Crippen molar-refractivity contribution in [2.24, 2.45) is 0 Å². The van der Waals surface area contributed by atoms with Crippen LogP contribution < -0.4 is 5.32 Å². The van der Waals surface area contributed by atoms with Gasteiger partial charge in [0.15, 0.2) is 0 Å². The van der Waals surface area contributed by atoms with Gasteiger partial charge in [0.2, 0.25) is 0 Å². The number of hydrogen-bond donors (Lipinski definition) is 1. The van der Waals surface area contributed by atoms with Gasteiger partial charge in [-0.05, 0) is 57.9 Å². The van der Waals surface area contributed by atoms with Gasteiger partial charge in [-0.3, -0.25) is 0 Å². The first-order valence-electron chi connectivity index (χ1n) is 5.65. The molecule has 1 nitrogen and oxygen atoms in total. The van der Waals surface area contributed by atoms with Gasteiger partial charge < -0.3 is 5.32 Å². The van der Waals surface area contributed by atoms with Crippen molar-refractivity contribution >= 4 is 27.3 Å². The smallest absolute Gasteiger partial charge is 0.0327 e. The van der Waals surface area contributed by atoms with E-state index in [1.807, 2.05) is 0 Å². The number of benzene rings is 1. The number of halogens is 1. The first kappa shape index (κ1) is 12.8. The van der Waals surface area contributed by atoms with E-state index in [9.17, 15) is 0 Å². The second kappa shape index (κ2) is 5.80. The summed E-state index contributed by atoms with van der Waals surface area (Å²) in [6.45, 7) is 6.15. The topological polar surface area (TPSA) is 12.0 Å². The maximum absolute atomic E-state index is 3.54. The molecule has 0 aliphatic carbocycles. The third-order valence-electron chi connectivity index (χ3n) is 2.88. The summed E-state index contributed by atoms with van der Waals surface area (Å²) in [7, 11) is 0. The molecular weight excluding hydrogens is 294 g/mol. The highest BCUT2D eigenvalue weighted by Gasteiger charge is 2.01. The molecule has 2 rings (SSSR count). The van der Waals surface area contributed by atoms with Crippen LogP contribution in [0, 0.1) is 13.8 Å². The lowest BCUT2D eigenvalue weighted by Crippen LogP contribution is -2.12. The molecule has 0 aliphatic heterocycles. The predicted molar refractivity (Wildman–Crippen MR) is 78.5 cm³/mol. The summed E-state index contributed by atoms with van der Waals surface area (Å²) in [5.41, 5.74) is 4.07. The zero-order valence-corrected chi connectivity index (χ0v) is 12.5. The van der Waals surface area contributed by atoms with Crippen molar-refractivity contribution in [1.82, 2.24) is 5.32 Å². The van der Waals surface area contributed by atoms with Gasteiger partial charge in [-0.2, -0.15) is 0 Å². The van der Waals surface area contributed by atoms with E-state index in [2.05, 4.69) is 64.7 Å². The molecule has 1 aromatic carbocycles. The monoisotopic (exact) mass is 309 g/mol. The molecule has 1 heterocycles. The Labute approximate surface area is 115 Å². The van der Waals surface area contributed by atoms with E-state index >= 15 is 0 Å². The normalized spacial score (nSPS) is 10.8. The maximum Gasteiger partial charge on any atom is 0.0327 e. The van der Waals surface area contributed by atoms with Gasteiger partial charge in [0.25, 0.3) is 0 Å². The highest BCUT2D eigenvalue weighted by molar-refractivity contribution is 9.10. The molecule has 17 heavy (non-hydrogen) atoms. The largest absolute Gasteiger partial charge is 0.308 e. The van der Waals surface area contributed by atoms with Gasteiger partial charge in [-0.15, -0.1) is 11.3 Å². The van der Waals surface area contributed by atoms with Crippen molar-refractivity contribution in [3.8, 4) is 0 Å². The fourth-order valence-corrected chi connectivity index (χ4v) is 3.15. The minimum absolute atomic E-state index is 0.922. The summed E-state index contributed by atoms with van der Waals surface area (Å²) in [5.74, 6) is 0. The highest BCUT2D eigenvalue weighted by atomic mass is 79.9. The van der Waals surface area contributed by atoms with Crippen LogP contribution in [0.25, 0.3) is 0 Å². The second-order valence-electron chi connectivity index (χ2n) is 4.21. The fraction of sp³-hybridized carbons (Fsp3) is 0.286. The Morgan fingerprint density at radius 1 is 1.12 bits per heavy atom. The van der Waals surface area contributed by atoms with Crippen LogP contribution in [0.15, 0.2) is 34.1 Å². The third-order valence-corrected chi connectivity index (χ3v) is 4.80. The van der Waals surface area contributed by atoms with Crippen LogP contribution in [-0.4, -0.2) is 0 Å². The second-order valence-corrected chi connectivity index (χ2v) is 6.07. The molecule has 0 saturated carbocycles. The van der Waals surface area contributed by atoms with Gasteiger partial charge >= 0.3 is 0 Å². The first-order valence-corrected chi connectivity index (χ1v) is 7.33. The number of hydrogen-bond acceptors (Lipinski definition) is 2. The standard InChI is InChI=1S/C14H16BrNS/c1-10-3-4-12(7-11(10)2)8-16-9-14-13(15)5-6-17-14/h3-7,16H,8-9H2,1-2H3. The molecule has 0 aliphatic rings. The fourth-order valence-electron chi connectivity index (χ4n) is 1.69. The molecule has 1 aromatic heterocycles. The maximum atomic E-state index is 3.54. The molecular formula is C14H16BrNS. The Kier molecular flexibility index (Phi) is 4.37. The molecule has 1 N–H and O–H groups in total. The summed E-state index contributed by atoms with van der Waals surface area (Å²) < 4.78 is 1.20. The van der Waals surface area contributed by atoms with E-state index in [0.717, 1.165) is 13.1 Å². The van der Waals surface area contributed by atoms with Gasteiger partial charge in [0.1, 0.15) is 0 Å². The molecule has 0 fully saturated rings. The number of nitrogens with one attached hydrogen (secondary N) is 1. The van der Waals surface area contributed by atoms with Gasteiger partial charge in [-0.25, -0.2) is 0 Å². The Morgan fingerprint density at radius 3 is 2.59 bits per heavy atom. The quantitative estimate of drug-likeness (QED) is 0.881. The molecule has 90 valence electrons. The van der Waals surface area contributed by atoms with E-state index in [-0.39, 0.29) is 0 Å². The molecule has 0 amide bonds. The van der Waals surface area contributed by atoms with Crippen LogP contribution in [0.1, 0.15) is 21.6 Å². The van der Waals surface area contributed by atoms with E-state index in [1.54, 1.807) is 11.3 Å². The Morgan fingerprint density at radius 2 is 1.94 bits per heavy atom. The van der Waals surface area contributed by atoms with Crippen LogP contribution >= 0.6 is 27.3 Å². The molecule has 0 bridgehead atoms. The third kappa shape index (κ3) is 3.41. The molecule has 3 heteroatoms. The number of aryl methyl sites for hydroxylation is 2. The van der Waals surface area contributed by atoms with Crippen molar-refractivity contribution in [3.05, 3.63) is 55.7 Å². The first-order chi connectivity index (χ1) is 8.16. The minimum atomic E-state index is 0.922. The highest BCUT2D eigenvalue weighted by Crippen LogP contribution is 2.22. The molecule has 0 atom stereocenters. The lowest BCUT2D eigenvalue weighted by atomic mass is 10.1. The average Bonchev–Trinajstić information content (AvgIpc) is 2.70. The molecule has 0 radical (unpaired) electrons. The Hall–Kier alpha value is -0.640. The summed E-state index contributed by atoms with van der Waals surface area (Å²) in [6, 6.07) is 8.73. The summed E-state index contributed by atoms with van der Waals surface area (Å²) in [6.07, 6.45) is 0. The van der Waals surface area contributed by atoms with E-state index in [0.29, 0.717) is 0 Å². The number of thiophene rings is 1. The van der Waals surface area contributed by atoms with Crippen molar-refractivity contribution in [1.29, 1.82) is 0 Å². The predicted octanol–water partition coefficient (Wildman–Crippen LogP) is 4.42. The van der Waals surface area contributed by atoms with Crippen molar-refractivity contribution in [3.63, 3.8) is 0 Å². The van der Waals surface area contributed by atoms with E-state index in [1.165, 1.54) is 26.0 Å². The van der Waals surface area contributed by atoms with Crippen LogP contribution in [0.4, 0.5) is 0 Å². The minimum Gasteiger partial charge on any atom is -0.308 e. The lowest BCUT2D eigenvalue weighted by molar-refractivity contribution is 0.699. The van der Waals surface area contributed by atoms with Gasteiger partial charge in [0, 0.05) is 22.4 Å². The van der Waals surface area contributed by atoms with Crippen LogP contribution in [0.5, 0.6) is 0 Å². The Balaban J connectivity index is 1.90. The summed E-state index contributed by atoms with van der Waals surface area (Å²) >= 11 is 5.33. The van der Waals surface area contributed by atoms with Gasteiger partial charge in [0.05, 0.1) is 0 Å². The Bertz CT molecular complexity index is 505. The molecule has 2 aromatic rings. The van der Waals surface area contributed by atoms with Crippen LogP contribution in [0.2, 0.25) is 0 Å². The molecule has 0 saturated heterocycles. The molecule has 0 unspecified atom stereocenters. The SMILES string of the molecule is Cc1ccc(CNCc2sccc2Br)cc1C. The molecule has 0 spiro atoms. The average molecular weight is 310 g/mol. The number of rotatable bonds is 4. The summed E-state index contributed by atoms with van der Waals surface area (Å²) in [5, 5.41) is 5.58.